The number of imide groups is 1. The molecule has 1 unspecified atom stereocenters. The summed E-state index contributed by atoms with van der Waals surface area (Å²) in [5, 5.41) is 2.96. The molecule has 3 heterocycles. The van der Waals surface area contributed by atoms with Crippen LogP contribution in [-0.4, -0.2) is 53.1 Å². The number of benzene rings is 1. The lowest BCUT2D eigenvalue weighted by molar-refractivity contribution is -0.132. The molecular formula is C22H20ClN3O4S. The van der Waals surface area contributed by atoms with Crippen molar-refractivity contribution in [3.63, 3.8) is 0 Å². The molecule has 2 aromatic rings. The first-order valence-electron chi connectivity index (χ1n) is 10.2. The van der Waals surface area contributed by atoms with Crippen LogP contribution >= 0.6 is 22.9 Å². The minimum Gasteiger partial charge on any atom is -0.351 e. The summed E-state index contributed by atoms with van der Waals surface area (Å²) < 4.78 is 0.697. The second kappa shape index (κ2) is 7.76. The van der Waals surface area contributed by atoms with E-state index in [0.29, 0.717) is 35.1 Å². The maximum absolute atomic E-state index is 12.6. The summed E-state index contributed by atoms with van der Waals surface area (Å²) in [5.74, 6) is -0.419. The molecule has 5 rings (SSSR count). The number of carbonyl (C=O) groups excluding carboxylic acids is 4. The zero-order valence-corrected chi connectivity index (χ0v) is 18.1. The molecule has 1 aromatic carbocycles. The van der Waals surface area contributed by atoms with Gasteiger partial charge in [-0.25, -0.2) is 0 Å². The summed E-state index contributed by atoms with van der Waals surface area (Å²) in [6.45, 7) is 1.64. The number of rotatable bonds is 6. The molecule has 1 saturated heterocycles. The number of carbonyl (C=O) groups is 4. The van der Waals surface area contributed by atoms with Gasteiger partial charge >= 0.3 is 0 Å². The van der Waals surface area contributed by atoms with Crippen molar-refractivity contribution in [1.29, 1.82) is 0 Å². The highest BCUT2D eigenvalue weighted by Crippen LogP contribution is 2.51. The van der Waals surface area contributed by atoms with E-state index in [1.807, 2.05) is 12.1 Å². The molecule has 1 aromatic heterocycles. The summed E-state index contributed by atoms with van der Waals surface area (Å²) in [5.41, 5.74) is 0.780. The van der Waals surface area contributed by atoms with E-state index in [0.717, 1.165) is 9.78 Å². The number of hydrogen-bond donors (Lipinski definition) is 1. The van der Waals surface area contributed by atoms with Crippen LogP contribution in [0.1, 0.15) is 32.0 Å². The molecule has 1 aliphatic carbocycles. The summed E-state index contributed by atoms with van der Waals surface area (Å²) in [6.07, 6.45) is 0.0981. The third kappa shape index (κ3) is 3.64. The van der Waals surface area contributed by atoms with Crippen LogP contribution in [0.15, 0.2) is 36.4 Å². The predicted molar refractivity (Wildman–Crippen MR) is 115 cm³/mol. The monoisotopic (exact) mass is 457 g/mol. The van der Waals surface area contributed by atoms with Gasteiger partial charge in [-0.2, -0.15) is 0 Å². The molecule has 160 valence electrons. The Morgan fingerprint density at radius 1 is 1.03 bits per heavy atom. The van der Waals surface area contributed by atoms with Crippen molar-refractivity contribution >= 4 is 46.6 Å². The Morgan fingerprint density at radius 3 is 2.26 bits per heavy atom. The van der Waals surface area contributed by atoms with Crippen LogP contribution < -0.4 is 5.32 Å². The van der Waals surface area contributed by atoms with Gasteiger partial charge < -0.3 is 10.2 Å². The number of amides is 4. The van der Waals surface area contributed by atoms with Gasteiger partial charge in [0.25, 0.3) is 11.8 Å². The number of hydrogen-bond acceptors (Lipinski definition) is 5. The van der Waals surface area contributed by atoms with E-state index in [1.54, 1.807) is 29.2 Å². The molecule has 3 aliphatic rings. The minimum atomic E-state index is -0.346. The van der Waals surface area contributed by atoms with Crippen LogP contribution in [0.5, 0.6) is 0 Å². The van der Waals surface area contributed by atoms with Gasteiger partial charge in [0.05, 0.1) is 22.0 Å². The molecule has 2 aliphatic heterocycles. The van der Waals surface area contributed by atoms with Crippen molar-refractivity contribution in [2.24, 2.45) is 17.8 Å². The first-order chi connectivity index (χ1) is 14.9. The molecule has 31 heavy (non-hydrogen) atoms. The Hall–Kier alpha value is -2.71. The van der Waals surface area contributed by atoms with Crippen LogP contribution in [0, 0.1) is 17.8 Å². The maximum Gasteiger partial charge on any atom is 0.261 e. The quantitative estimate of drug-likeness (QED) is 0.675. The summed E-state index contributed by atoms with van der Waals surface area (Å²) >= 11 is 7.35. The molecule has 1 N–H and O–H groups in total. The van der Waals surface area contributed by atoms with Gasteiger partial charge in [0, 0.05) is 36.9 Å². The van der Waals surface area contributed by atoms with Crippen LogP contribution in [0.3, 0.4) is 0 Å². The lowest BCUT2D eigenvalue weighted by Crippen LogP contribution is -2.38. The maximum atomic E-state index is 12.6. The molecule has 0 bridgehead atoms. The Morgan fingerprint density at radius 2 is 1.68 bits per heavy atom. The Bertz CT molecular complexity index is 1050. The number of fused-ring (bicyclic) bond motifs is 2. The molecule has 4 amide bonds. The number of nitrogens with one attached hydrogen (secondary N) is 1. The van der Waals surface area contributed by atoms with E-state index < -0.39 is 0 Å². The molecule has 1 saturated carbocycles. The highest BCUT2D eigenvalue weighted by molar-refractivity contribution is 7.16. The largest absolute Gasteiger partial charge is 0.351 e. The number of piperidine rings is 1. The van der Waals surface area contributed by atoms with Gasteiger partial charge in [-0.15, -0.1) is 11.3 Å². The van der Waals surface area contributed by atoms with Crippen molar-refractivity contribution in [3.8, 4) is 0 Å². The third-order valence-corrected chi connectivity index (χ3v) is 7.57. The van der Waals surface area contributed by atoms with E-state index in [4.69, 9.17) is 11.6 Å². The van der Waals surface area contributed by atoms with Crippen molar-refractivity contribution in [1.82, 2.24) is 15.1 Å². The van der Waals surface area contributed by atoms with Crippen molar-refractivity contribution in [2.45, 2.75) is 13.0 Å². The van der Waals surface area contributed by atoms with Gasteiger partial charge in [0.2, 0.25) is 11.8 Å². The molecule has 3 atom stereocenters. The van der Waals surface area contributed by atoms with Gasteiger partial charge in [-0.05, 0) is 36.1 Å². The van der Waals surface area contributed by atoms with Gasteiger partial charge in [-0.1, -0.05) is 23.7 Å². The van der Waals surface area contributed by atoms with Crippen LogP contribution in [-0.2, 0) is 16.1 Å². The number of halogens is 1. The van der Waals surface area contributed by atoms with E-state index in [9.17, 15) is 19.2 Å². The van der Waals surface area contributed by atoms with Gasteiger partial charge in [0.1, 0.15) is 0 Å². The number of thiophene rings is 1. The lowest BCUT2D eigenvalue weighted by atomic mass is 10.1. The predicted octanol–water partition coefficient (Wildman–Crippen LogP) is 2.41. The van der Waals surface area contributed by atoms with Crippen LogP contribution in [0.2, 0.25) is 4.34 Å². The lowest BCUT2D eigenvalue weighted by Gasteiger charge is -2.21. The molecular weight excluding hydrogens is 438 g/mol. The topological polar surface area (TPSA) is 86.8 Å². The van der Waals surface area contributed by atoms with E-state index in [1.165, 1.54) is 11.3 Å². The Balaban J connectivity index is 1.09. The Labute approximate surface area is 188 Å². The number of likely N-dealkylation sites (tertiary alicyclic amines) is 1. The zero-order chi connectivity index (χ0) is 21.7. The normalized spacial score (nSPS) is 23.7. The van der Waals surface area contributed by atoms with Crippen LogP contribution in [0.25, 0.3) is 0 Å². The highest BCUT2D eigenvalue weighted by Gasteiger charge is 2.60. The van der Waals surface area contributed by atoms with Gasteiger partial charge in [0.15, 0.2) is 0 Å². The average Bonchev–Trinajstić information content (AvgIpc) is 3.06. The highest BCUT2D eigenvalue weighted by atomic mass is 35.5. The summed E-state index contributed by atoms with van der Waals surface area (Å²) in [6, 6.07) is 10.4. The zero-order valence-electron chi connectivity index (χ0n) is 16.5. The number of nitrogens with zero attached hydrogens (tertiary/aromatic N) is 2. The summed E-state index contributed by atoms with van der Waals surface area (Å²) in [7, 11) is 0. The second-order valence-electron chi connectivity index (χ2n) is 8.13. The standard InChI is InChI=1S/C22H20ClN3O4S/c23-17-6-5-12(31-17)9-24-20(28)19-15-10-25(11-16(15)19)18(27)7-8-26-21(29)13-3-1-2-4-14(13)22(26)30/h1-6,15-16,19H,7-11H2,(H,24,28)/t15-,16+,19?. The van der Waals surface area contributed by atoms with Gasteiger partial charge in [-0.3, -0.25) is 24.1 Å². The van der Waals surface area contributed by atoms with E-state index in [2.05, 4.69) is 5.32 Å². The first kappa shape index (κ1) is 20.2. The van der Waals surface area contributed by atoms with E-state index >= 15 is 0 Å². The Kier molecular flexibility index (Phi) is 5.06. The molecule has 9 heteroatoms. The minimum absolute atomic E-state index is 0.0256. The first-order valence-corrected chi connectivity index (χ1v) is 11.4. The van der Waals surface area contributed by atoms with Crippen molar-refractivity contribution in [3.05, 3.63) is 56.7 Å². The average molecular weight is 458 g/mol. The van der Waals surface area contributed by atoms with Crippen molar-refractivity contribution in [2.75, 3.05) is 19.6 Å². The fraction of sp³-hybridized carbons (Fsp3) is 0.364. The van der Waals surface area contributed by atoms with Crippen molar-refractivity contribution < 1.29 is 19.2 Å². The fourth-order valence-electron chi connectivity index (χ4n) is 4.67. The smallest absolute Gasteiger partial charge is 0.261 e. The fourth-order valence-corrected chi connectivity index (χ4v) is 5.69. The summed E-state index contributed by atoms with van der Waals surface area (Å²) in [4.78, 5) is 53.8. The third-order valence-electron chi connectivity index (χ3n) is 6.34. The second-order valence-corrected chi connectivity index (χ2v) is 9.93. The van der Waals surface area contributed by atoms with E-state index in [-0.39, 0.29) is 54.3 Å². The molecule has 0 spiro atoms. The molecule has 7 nitrogen and oxygen atoms in total. The SMILES string of the molecule is O=C(NCc1ccc(Cl)s1)C1[C@H]2CN(C(=O)CCN3C(=O)c4ccccc4C3=O)C[C@@H]12. The van der Waals surface area contributed by atoms with Crippen LogP contribution in [0.4, 0.5) is 0 Å². The molecule has 2 fully saturated rings. The molecule has 0 radical (unpaired) electrons.